The third-order valence-electron chi connectivity index (χ3n) is 4.42. The summed E-state index contributed by atoms with van der Waals surface area (Å²) in [6.07, 6.45) is 3.69. The van der Waals surface area contributed by atoms with Crippen molar-refractivity contribution >= 4 is 11.8 Å². The van der Waals surface area contributed by atoms with Gasteiger partial charge in [-0.2, -0.15) is 0 Å². The minimum atomic E-state index is -0.959. The lowest BCUT2D eigenvalue weighted by atomic mass is 10.0. The molecule has 3 rings (SSSR count). The smallest absolute Gasteiger partial charge is 0.339 e. The van der Waals surface area contributed by atoms with Gasteiger partial charge in [-0.25, -0.2) is 9.78 Å². The number of nitrogens with one attached hydrogen (secondary N) is 1. The number of anilines is 1. The van der Waals surface area contributed by atoms with E-state index >= 15 is 0 Å². The lowest BCUT2D eigenvalue weighted by molar-refractivity contribution is 0.0697. The lowest BCUT2D eigenvalue weighted by Crippen LogP contribution is -2.42. The van der Waals surface area contributed by atoms with Crippen LogP contribution >= 0.6 is 0 Å². The minimum absolute atomic E-state index is 0.187. The van der Waals surface area contributed by atoms with Gasteiger partial charge in [-0.3, -0.25) is 4.90 Å². The maximum Gasteiger partial charge on any atom is 0.339 e. The highest BCUT2D eigenvalue weighted by Gasteiger charge is 2.22. The van der Waals surface area contributed by atoms with Gasteiger partial charge in [0, 0.05) is 25.3 Å². The first kappa shape index (κ1) is 17.2. The number of carboxylic acid groups (broad SMARTS) is 1. The monoisotopic (exact) mass is 341 g/mol. The average molecular weight is 341 g/mol. The van der Waals surface area contributed by atoms with Crippen LogP contribution in [0.4, 0.5) is 5.82 Å². The zero-order chi connectivity index (χ0) is 17.6. The Labute approximate surface area is 147 Å². The molecular weight excluding hydrogens is 318 g/mol. The second kappa shape index (κ2) is 7.98. The number of piperidine rings is 1. The van der Waals surface area contributed by atoms with Crippen molar-refractivity contribution in [3.05, 3.63) is 53.7 Å². The molecule has 1 aromatic heterocycles. The van der Waals surface area contributed by atoms with E-state index in [9.17, 15) is 9.90 Å². The Bertz CT molecular complexity index is 735. The van der Waals surface area contributed by atoms with Crippen LogP contribution in [0.3, 0.4) is 0 Å². The normalized spacial score (nSPS) is 17.9. The number of aromatic nitrogens is 1. The third kappa shape index (κ3) is 4.48. The van der Waals surface area contributed by atoms with Gasteiger partial charge in [0.15, 0.2) is 0 Å². The van der Waals surface area contributed by atoms with Crippen LogP contribution in [0, 0.1) is 0 Å². The number of aromatic carboxylic acids is 1. The zero-order valence-electron chi connectivity index (χ0n) is 14.3. The van der Waals surface area contributed by atoms with Crippen LogP contribution in [0.1, 0.15) is 28.8 Å². The first-order chi connectivity index (χ1) is 12.2. The molecule has 2 aromatic rings. The van der Waals surface area contributed by atoms with Crippen LogP contribution in [-0.4, -0.2) is 47.2 Å². The second-order valence-corrected chi connectivity index (χ2v) is 6.27. The van der Waals surface area contributed by atoms with Gasteiger partial charge >= 0.3 is 5.97 Å². The molecule has 2 heterocycles. The van der Waals surface area contributed by atoms with E-state index in [-0.39, 0.29) is 11.6 Å². The highest BCUT2D eigenvalue weighted by Crippen LogP contribution is 2.20. The number of carboxylic acids is 1. The van der Waals surface area contributed by atoms with Crippen LogP contribution in [0.2, 0.25) is 0 Å². The second-order valence-electron chi connectivity index (χ2n) is 6.27. The van der Waals surface area contributed by atoms with Crippen molar-refractivity contribution in [1.29, 1.82) is 0 Å². The summed E-state index contributed by atoms with van der Waals surface area (Å²) in [6, 6.07) is 11.5. The number of methoxy groups -OCH3 is 1. The van der Waals surface area contributed by atoms with Crippen molar-refractivity contribution in [2.24, 2.45) is 0 Å². The molecule has 1 aliphatic heterocycles. The molecule has 132 valence electrons. The van der Waals surface area contributed by atoms with E-state index in [0.717, 1.165) is 38.2 Å². The molecule has 6 heteroatoms. The summed E-state index contributed by atoms with van der Waals surface area (Å²) >= 11 is 0. The van der Waals surface area contributed by atoms with Crippen LogP contribution < -0.4 is 10.1 Å². The number of nitrogens with zero attached hydrogens (tertiary/aromatic N) is 2. The fourth-order valence-corrected chi connectivity index (χ4v) is 3.23. The molecule has 25 heavy (non-hydrogen) atoms. The fraction of sp³-hybridized carbons (Fsp3) is 0.368. The van der Waals surface area contributed by atoms with Gasteiger partial charge in [0.1, 0.15) is 17.1 Å². The van der Waals surface area contributed by atoms with Crippen molar-refractivity contribution in [1.82, 2.24) is 9.88 Å². The summed E-state index contributed by atoms with van der Waals surface area (Å²) in [5.41, 5.74) is 1.43. The van der Waals surface area contributed by atoms with Gasteiger partial charge in [-0.1, -0.05) is 12.1 Å². The molecule has 0 unspecified atom stereocenters. The molecule has 0 amide bonds. The summed E-state index contributed by atoms with van der Waals surface area (Å²) in [5, 5.41) is 12.6. The summed E-state index contributed by atoms with van der Waals surface area (Å²) < 4.78 is 5.28. The van der Waals surface area contributed by atoms with E-state index in [1.54, 1.807) is 25.4 Å². The number of likely N-dealkylation sites (tertiary alicyclic amines) is 1. The summed E-state index contributed by atoms with van der Waals surface area (Å²) in [6.45, 7) is 2.74. The summed E-state index contributed by atoms with van der Waals surface area (Å²) in [7, 11) is 1.67. The molecule has 1 aromatic carbocycles. The first-order valence-corrected chi connectivity index (χ1v) is 8.46. The highest BCUT2D eigenvalue weighted by molar-refractivity contribution is 5.93. The van der Waals surface area contributed by atoms with Gasteiger partial charge < -0.3 is 15.2 Å². The van der Waals surface area contributed by atoms with E-state index in [1.807, 2.05) is 12.1 Å². The topological polar surface area (TPSA) is 74.7 Å². The molecule has 0 radical (unpaired) electrons. The lowest BCUT2D eigenvalue weighted by Gasteiger charge is -2.33. The fourth-order valence-electron chi connectivity index (χ4n) is 3.23. The van der Waals surface area contributed by atoms with Crippen molar-refractivity contribution < 1.29 is 14.6 Å². The molecule has 1 fully saturated rings. The molecule has 1 atom stereocenters. The summed E-state index contributed by atoms with van der Waals surface area (Å²) in [5.74, 6) is 0.353. The molecule has 2 N–H and O–H groups in total. The van der Waals surface area contributed by atoms with Gasteiger partial charge in [0.25, 0.3) is 0 Å². The van der Waals surface area contributed by atoms with E-state index < -0.39 is 5.97 Å². The first-order valence-electron chi connectivity index (χ1n) is 8.46. The maximum absolute atomic E-state index is 11.3. The predicted molar refractivity (Wildman–Crippen MR) is 96.1 cm³/mol. The molecule has 0 aliphatic carbocycles. The van der Waals surface area contributed by atoms with E-state index in [0.29, 0.717) is 5.82 Å². The molecule has 0 bridgehead atoms. The number of rotatable bonds is 6. The number of hydrogen-bond donors (Lipinski definition) is 2. The third-order valence-corrected chi connectivity index (χ3v) is 4.42. The number of benzene rings is 1. The van der Waals surface area contributed by atoms with E-state index in [4.69, 9.17) is 4.74 Å². The number of carbonyl (C=O) groups is 1. The molecule has 1 aliphatic rings. The van der Waals surface area contributed by atoms with Gasteiger partial charge in [0.05, 0.1) is 7.11 Å². The summed E-state index contributed by atoms with van der Waals surface area (Å²) in [4.78, 5) is 17.9. The molecule has 0 saturated carbocycles. The Morgan fingerprint density at radius 3 is 3.08 bits per heavy atom. The Morgan fingerprint density at radius 1 is 1.40 bits per heavy atom. The quantitative estimate of drug-likeness (QED) is 0.841. The largest absolute Gasteiger partial charge is 0.497 e. The Hall–Kier alpha value is -2.60. The van der Waals surface area contributed by atoms with Crippen molar-refractivity contribution in [2.45, 2.75) is 25.4 Å². The predicted octanol–water partition coefficient (Wildman–Crippen LogP) is 2.86. The van der Waals surface area contributed by atoms with Crippen LogP contribution in [0.15, 0.2) is 42.6 Å². The van der Waals surface area contributed by atoms with Gasteiger partial charge in [-0.15, -0.1) is 0 Å². The molecule has 0 spiro atoms. The zero-order valence-corrected chi connectivity index (χ0v) is 14.3. The van der Waals surface area contributed by atoms with Crippen molar-refractivity contribution in [3.63, 3.8) is 0 Å². The minimum Gasteiger partial charge on any atom is -0.497 e. The Morgan fingerprint density at radius 2 is 2.28 bits per heavy atom. The van der Waals surface area contributed by atoms with E-state index in [2.05, 4.69) is 27.3 Å². The Kier molecular flexibility index (Phi) is 5.50. The van der Waals surface area contributed by atoms with Crippen molar-refractivity contribution in [3.8, 4) is 5.75 Å². The van der Waals surface area contributed by atoms with E-state index in [1.165, 1.54) is 5.56 Å². The van der Waals surface area contributed by atoms with Gasteiger partial charge in [0.2, 0.25) is 0 Å². The SMILES string of the molecule is COc1cccc(CN2CCC[C@H](Nc3ncccc3C(=O)O)C2)c1. The van der Waals surface area contributed by atoms with Gasteiger partial charge in [-0.05, 0) is 49.2 Å². The molecule has 6 nitrogen and oxygen atoms in total. The average Bonchev–Trinajstić information content (AvgIpc) is 2.62. The Balaban J connectivity index is 1.64. The molecule has 1 saturated heterocycles. The number of hydrogen-bond acceptors (Lipinski definition) is 5. The van der Waals surface area contributed by atoms with Crippen LogP contribution in [-0.2, 0) is 6.54 Å². The number of pyridine rings is 1. The van der Waals surface area contributed by atoms with Crippen LogP contribution in [0.5, 0.6) is 5.75 Å². The maximum atomic E-state index is 11.3. The standard InChI is InChI=1S/C19H23N3O3/c1-25-16-7-2-5-14(11-16)12-22-10-4-6-15(13-22)21-18-17(19(23)24)8-3-9-20-18/h2-3,5,7-9,11,15H,4,6,10,12-13H2,1H3,(H,20,21)(H,23,24)/t15-/m0/s1. The van der Waals surface area contributed by atoms with Crippen molar-refractivity contribution in [2.75, 3.05) is 25.5 Å². The molecular formula is C19H23N3O3. The van der Waals surface area contributed by atoms with Crippen LogP contribution in [0.25, 0.3) is 0 Å². The number of ether oxygens (including phenoxy) is 1. The highest BCUT2D eigenvalue weighted by atomic mass is 16.5.